The van der Waals surface area contributed by atoms with Gasteiger partial charge in [0.05, 0.1) is 18.5 Å². The number of nitrogens with zero attached hydrogens (tertiary/aromatic N) is 3. The van der Waals surface area contributed by atoms with E-state index >= 15 is 0 Å². The summed E-state index contributed by atoms with van der Waals surface area (Å²) < 4.78 is 52.3. The number of halogens is 2. The summed E-state index contributed by atoms with van der Waals surface area (Å²) in [6.07, 6.45) is 1.11. The van der Waals surface area contributed by atoms with Crippen LogP contribution >= 0.6 is 0 Å². The van der Waals surface area contributed by atoms with E-state index in [-0.39, 0.29) is 18.3 Å². The summed E-state index contributed by atoms with van der Waals surface area (Å²) in [6, 6.07) is 18.4. The Kier molecular flexibility index (Phi) is 6.83. The van der Waals surface area contributed by atoms with E-state index < -0.39 is 15.8 Å². The Morgan fingerprint density at radius 3 is 1.88 bits per heavy atom. The summed E-state index contributed by atoms with van der Waals surface area (Å²) in [5.41, 5.74) is 2.45. The van der Waals surface area contributed by atoms with Gasteiger partial charge >= 0.3 is 0 Å². The van der Waals surface area contributed by atoms with Gasteiger partial charge in [-0.05, 0) is 66.2 Å². The molecule has 1 heterocycles. The third-order valence-corrected chi connectivity index (χ3v) is 6.94. The maximum Gasteiger partial charge on any atom is 0.253 e. The second kappa shape index (κ2) is 9.80. The van der Waals surface area contributed by atoms with Gasteiger partial charge in [0.15, 0.2) is 0 Å². The number of hydrogen-bond acceptors (Lipinski definition) is 4. The molecule has 1 fully saturated rings. The van der Waals surface area contributed by atoms with Crippen molar-refractivity contribution in [3.63, 3.8) is 0 Å². The first-order valence-electron chi connectivity index (χ1n) is 10.8. The molecule has 34 heavy (non-hydrogen) atoms. The summed E-state index contributed by atoms with van der Waals surface area (Å²) in [5, 5.41) is 0. The molecule has 6 nitrogen and oxygen atoms in total. The zero-order chi connectivity index (χ0) is 24.3. The molecule has 3 aromatic rings. The van der Waals surface area contributed by atoms with E-state index in [4.69, 9.17) is 0 Å². The fourth-order valence-electron chi connectivity index (χ4n) is 3.93. The normalized spacial score (nSPS) is 14.2. The van der Waals surface area contributed by atoms with Crippen LogP contribution in [0.4, 0.5) is 20.2 Å². The van der Waals surface area contributed by atoms with Gasteiger partial charge in [-0.1, -0.05) is 12.1 Å². The van der Waals surface area contributed by atoms with Crippen LogP contribution in [0.2, 0.25) is 0 Å². The highest BCUT2D eigenvalue weighted by atomic mass is 32.2. The molecule has 3 aromatic carbocycles. The molecule has 0 bridgehead atoms. The smallest absolute Gasteiger partial charge is 0.253 e. The lowest BCUT2D eigenvalue weighted by Crippen LogP contribution is -2.48. The fraction of sp³-hybridized carbons (Fsp3) is 0.240. The van der Waals surface area contributed by atoms with Gasteiger partial charge in [-0.15, -0.1) is 0 Å². The van der Waals surface area contributed by atoms with Crippen molar-refractivity contribution in [2.45, 2.75) is 6.54 Å². The summed E-state index contributed by atoms with van der Waals surface area (Å²) >= 11 is 0. The van der Waals surface area contributed by atoms with Crippen molar-refractivity contribution < 1.29 is 22.0 Å². The number of sulfonamides is 1. The van der Waals surface area contributed by atoms with E-state index in [9.17, 15) is 22.0 Å². The first-order valence-corrected chi connectivity index (χ1v) is 12.7. The largest absolute Gasteiger partial charge is 0.368 e. The molecular formula is C25H25F2N3O3S. The number of benzene rings is 3. The maximum atomic E-state index is 13.2. The predicted molar refractivity (Wildman–Crippen MR) is 128 cm³/mol. The predicted octanol–water partition coefficient (Wildman–Crippen LogP) is 3.89. The standard InChI is InChI=1S/C25H25F2N3O3S/c1-34(32,33)30(18-19-2-6-21(26)7-3-19)24-10-4-20(5-11-24)25(31)29-16-14-28(15-17-29)23-12-8-22(27)9-13-23/h2-13H,14-18H2,1H3. The fourth-order valence-corrected chi connectivity index (χ4v) is 4.82. The lowest BCUT2D eigenvalue weighted by atomic mass is 10.1. The molecule has 0 spiro atoms. The Hall–Kier alpha value is -3.46. The lowest BCUT2D eigenvalue weighted by Gasteiger charge is -2.36. The molecule has 0 N–H and O–H groups in total. The van der Waals surface area contributed by atoms with Gasteiger partial charge in [0, 0.05) is 37.4 Å². The van der Waals surface area contributed by atoms with Gasteiger partial charge in [-0.3, -0.25) is 9.10 Å². The summed E-state index contributed by atoms with van der Waals surface area (Å²) in [5.74, 6) is -0.807. The highest BCUT2D eigenvalue weighted by molar-refractivity contribution is 7.92. The molecule has 0 aromatic heterocycles. The van der Waals surface area contributed by atoms with Gasteiger partial charge in [-0.25, -0.2) is 17.2 Å². The molecule has 9 heteroatoms. The van der Waals surface area contributed by atoms with Gasteiger partial charge in [0.2, 0.25) is 10.0 Å². The first-order chi connectivity index (χ1) is 16.2. The van der Waals surface area contributed by atoms with E-state index in [1.807, 2.05) is 0 Å². The summed E-state index contributed by atoms with van der Waals surface area (Å²) in [7, 11) is -3.60. The quantitative estimate of drug-likeness (QED) is 0.532. The molecule has 178 valence electrons. The number of amides is 1. The average Bonchev–Trinajstić information content (AvgIpc) is 2.83. The second-order valence-electron chi connectivity index (χ2n) is 8.20. The number of piperazine rings is 1. The van der Waals surface area contributed by atoms with E-state index in [0.717, 1.165) is 11.9 Å². The number of anilines is 2. The van der Waals surface area contributed by atoms with Crippen molar-refractivity contribution in [3.05, 3.63) is 95.6 Å². The van der Waals surface area contributed by atoms with E-state index in [1.54, 1.807) is 41.3 Å². The Labute approximate surface area is 198 Å². The molecule has 0 radical (unpaired) electrons. The van der Waals surface area contributed by atoms with Gasteiger partial charge in [-0.2, -0.15) is 0 Å². The first kappa shape index (κ1) is 23.7. The van der Waals surface area contributed by atoms with Gasteiger partial charge < -0.3 is 9.80 Å². The number of carbonyl (C=O) groups excluding carboxylic acids is 1. The van der Waals surface area contributed by atoms with Crippen LogP contribution < -0.4 is 9.21 Å². The van der Waals surface area contributed by atoms with Crippen molar-refractivity contribution in [2.75, 3.05) is 41.6 Å². The van der Waals surface area contributed by atoms with E-state index in [1.165, 1.54) is 40.7 Å². The summed E-state index contributed by atoms with van der Waals surface area (Å²) in [4.78, 5) is 16.8. The average molecular weight is 486 g/mol. The monoisotopic (exact) mass is 485 g/mol. The Morgan fingerprint density at radius 2 is 1.35 bits per heavy atom. The minimum absolute atomic E-state index is 0.0533. The SMILES string of the molecule is CS(=O)(=O)N(Cc1ccc(F)cc1)c1ccc(C(=O)N2CCN(c3ccc(F)cc3)CC2)cc1. The van der Waals surface area contributed by atoms with Crippen LogP contribution in [0.3, 0.4) is 0 Å². The van der Waals surface area contributed by atoms with Crippen molar-refractivity contribution in [1.82, 2.24) is 4.90 Å². The molecule has 1 aliphatic heterocycles. The van der Waals surface area contributed by atoms with Crippen LogP contribution in [0.5, 0.6) is 0 Å². The number of carbonyl (C=O) groups is 1. The van der Waals surface area contributed by atoms with Crippen LogP contribution in [-0.4, -0.2) is 51.7 Å². The molecule has 0 atom stereocenters. The zero-order valence-electron chi connectivity index (χ0n) is 18.7. The molecule has 4 rings (SSSR count). The van der Waals surface area contributed by atoms with Gasteiger partial charge in [0.25, 0.3) is 5.91 Å². The van der Waals surface area contributed by atoms with Crippen molar-refractivity contribution in [3.8, 4) is 0 Å². The van der Waals surface area contributed by atoms with Crippen LogP contribution in [-0.2, 0) is 16.6 Å². The van der Waals surface area contributed by atoms with Crippen molar-refractivity contribution in [1.29, 1.82) is 0 Å². The molecular weight excluding hydrogens is 460 g/mol. The molecule has 0 unspecified atom stereocenters. The van der Waals surface area contributed by atoms with Crippen LogP contribution in [0.25, 0.3) is 0 Å². The van der Waals surface area contributed by atoms with Gasteiger partial charge in [0.1, 0.15) is 11.6 Å². The molecule has 0 saturated carbocycles. The minimum atomic E-state index is -3.60. The second-order valence-corrected chi connectivity index (χ2v) is 10.1. The van der Waals surface area contributed by atoms with Crippen molar-refractivity contribution in [2.24, 2.45) is 0 Å². The van der Waals surface area contributed by atoms with E-state index in [0.29, 0.717) is 43.0 Å². The van der Waals surface area contributed by atoms with Crippen molar-refractivity contribution >= 4 is 27.3 Å². The third kappa shape index (κ3) is 5.53. The highest BCUT2D eigenvalue weighted by Crippen LogP contribution is 2.23. The topological polar surface area (TPSA) is 60.9 Å². The zero-order valence-corrected chi connectivity index (χ0v) is 19.5. The Morgan fingerprint density at radius 1 is 0.824 bits per heavy atom. The number of rotatable bonds is 6. The molecule has 1 amide bonds. The van der Waals surface area contributed by atoms with E-state index in [2.05, 4.69) is 4.90 Å². The Balaban J connectivity index is 1.43. The molecule has 0 aliphatic carbocycles. The maximum absolute atomic E-state index is 13.2. The third-order valence-electron chi connectivity index (χ3n) is 5.80. The molecule has 1 saturated heterocycles. The highest BCUT2D eigenvalue weighted by Gasteiger charge is 2.23. The van der Waals surface area contributed by atoms with Crippen LogP contribution in [0.1, 0.15) is 15.9 Å². The summed E-state index contributed by atoms with van der Waals surface area (Å²) in [6.45, 7) is 2.37. The van der Waals surface area contributed by atoms with Crippen LogP contribution in [0, 0.1) is 11.6 Å². The minimum Gasteiger partial charge on any atom is -0.368 e. The van der Waals surface area contributed by atoms with Crippen LogP contribution in [0.15, 0.2) is 72.8 Å². The number of hydrogen-bond donors (Lipinski definition) is 0. The lowest BCUT2D eigenvalue weighted by molar-refractivity contribution is 0.0747. The Bertz CT molecular complexity index is 1240. The molecule has 1 aliphatic rings.